The maximum Gasteiger partial charge on any atom is 0.257 e. The highest BCUT2D eigenvalue weighted by atomic mass is 32.2. The van der Waals surface area contributed by atoms with Crippen LogP contribution in [0, 0.1) is 6.92 Å². The largest absolute Gasteiger partial charge is 0.324 e. The second kappa shape index (κ2) is 3.77. The number of carbonyl (C=O) groups excluding carboxylic acids is 2. The Labute approximate surface area is 103 Å². The van der Waals surface area contributed by atoms with Crippen molar-refractivity contribution < 1.29 is 9.59 Å². The lowest BCUT2D eigenvalue weighted by molar-refractivity contribution is -0.119. The fraction of sp³-hybridized carbons (Fsp3) is 0.333. The zero-order chi connectivity index (χ0) is 12.0. The normalized spacial score (nSPS) is 22.9. The molecule has 17 heavy (non-hydrogen) atoms. The van der Waals surface area contributed by atoms with E-state index in [1.54, 1.807) is 22.7 Å². The first-order valence-corrected chi connectivity index (χ1v) is 6.62. The number of thioether (sulfide) groups is 1. The molecule has 0 aliphatic carbocycles. The number of rotatable bonds is 0. The number of aryl methyl sites for hydroxylation is 1. The van der Waals surface area contributed by atoms with Crippen molar-refractivity contribution in [3.05, 3.63) is 29.3 Å². The fourth-order valence-corrected chi connectivity index (χ4v) is 3.33. The number of benzene rings is 1. The first-order valence-electron chi connectivity index (χ1n) is 5.47. The minimum Gasteiger partial charge on any atom is -0.324 e. The molecule has 0 aromatic heterocycles. The van der Waals surface area contributed by atoms with Crippen molar-refractivity contribution in [1.29, 1.82) is 0 Å². The highest BCUT2D eigenvalue weighted by Gasteiger charge is 2.38. The number of hydrogen-bond acceptors (Lipinski definition) is 3. The maximum absolute atomic E-state index is 12.3. The van der Waals surface area contributed by atoms with E-state index in [4.69, 9.17) is 0 Å². The molecule has 0 bridgehead atoms. The molecule has 3 rings (SSSR count). The molecule has 0 spiro atoms. The first-order chi connectivity index (χ1) is 8.16. The van der Waals surface area contributed by atoms with Gasteiger partial charge in [-0.3, -0.25) is 9.59 Å². The van der Waals surface area contributed by atoms with Gasteiger partial charge in [0.2, 0.25) is 5.91 Å². The van der Waals surface area contributed by atoms with E-state index in [1.165, 1.54) is 0 Å². The van der Waals surface area contributed by atoms with Gasteiger partial charge in [0.1, 0.15) is 6.04 Å². The van der Waals surface area contributed by atoms with Gasteiger partial charge in [-0.2, -0.15) is 0 Å². The van der Waals surface area contributed by atoms with E-state index < -0.39 is 0 Å². The van der Waals surface area contributed by atoms with Crippen molar-refractivity contribution in [3.8, 4) is 0 Å². The summed E-state index contributed by atoms with van der Waals surface area (Å²) in [6.45, 7) is 1.94. The van der Waals surface area contributed by atoms with Crippen LogP contribution in [0.3, 0.4) is 0 Å². The molecule has 2 heterocycles. The summed E-state index contributed by atoms with van der Waals surface area (Å²) < 4.78 is 0. The summed E-state index contributed by atoms with van der Waals surface area (Å²) in [5, 5.41) is 2.84. The quantitative estimate of drug-likeness (QED) is 0.756. The lowest BCUT2D eigenvalue weighted by Crippen LogP contribution is -2.41. The van der Waals surface area contributed by atoms with Gasteiger partial charge in [-0.05, 0) is 19.1 Å². The molecule has 4 nitrogen and oxygen atoms in total. The number of nitrogens with one attached hydrogen (secondary N) is 1. The van der Waals surface area contributed by atoms with Crippen LogP contribution in [0.5, 0.6) is 0 Å². The minimum atomic E-state index is -0.319. The third-order valence-corrected chi connectivity index (χ3v) is 4.12. The lowest BCUT2D eigenvalue weighted by atomic mass is 10.1. The molecular weight excluding hydrogens is 236 g/mol. The maximum atomic E-state index is 12.3. The van der Waals surface area contributed by atoms with Gasteiger partial charge in [-0.1, -0.05) is 11.6 Å². The average molecular weight is 248 g/mol. The SMILES string of the molecule is Cc1ccc2c(c1)C(=O)N1CSCC1C(=O)N2. The molecule has 1 aromatic rings. The van der Waals surface area contributed by atoms with Crippen LogP contribution in [0.25, 0.3) is 0 Å². The molecule has 1 unspecified atom stereocenters. The summed E-state index contributed by atoms with van der Waals surface area (Å²) in [7, 11) is 0. The van der Waals surface area contributed by atoms with Crippen molar-refractivity contribution in [2.75, 3.05) is 16.9 Å². The zero-order valence-corrected chi connectivity index (χ0v) is 10.2. The van der Waals surface area contributed by atoms with Crippen LogP contribution >= 0.6 is 11.8 Å². The monoisotopic (exact) mass is 248 g/mol. The van der Waals surface area contributed by atoms with Crippen molar-refractivity contribution in [2.24, 2.45) is 0 Å². The Bertz CT molecular complexity index is 515. The van der Waals surface area contributed by atoms with Gasteiger partial charge in [-0.25, -0.2) is 0 Å². The number of anilines is 1. The third-order valence-electron chi connectivity index (χ3n) is 3.11. The van der Waals surface area contributed by atoms with Crippen LogP contribution in [0.4, 0.5) is 5.69 Å². The number of nitrogens with zero attached hydrogens (tertiary/aromatic N) is 1. The van der Waals surface area contributed by atoms with Crippen LogP contribution in [0.1, 0.15) is 15.9 Å². The Morgan fingerprint density at radius 1 is 1.41 bits per heavy atom. The fourth-order valence-electron chi connectivity index (χ4n) is 2.17. The molecule has 0 saturated carbocycles. The summed E-state index contributed by atoms with van der Waals surface area (Å²) in [5.41, 5.74) is 2.25. The third kappa shape index (κ3) is 1.61. The molecule has 0 radical (unpaired) electrons. The summed E-state index contributed by atoms with van der Waals surface area (Å²) in [6, 6.07) is 5.22. The number of fused-ring (bicyclic) bond motifs is 2. The predicted molar refractivity (Wildman–Crippen MR) is 67.1 cm³/mol. The number of amides is 2. The second-order valence-electron chi connectivity index (χ2n) is 4.33. The molecule has 5 heteroatoms. The standard InChI is InChI=1S/C12H12N2O2S/c1-7-2-3-9-8(4-7)12(16)14-6-17-5-10(14)11(15)13-9/h2-4,10H,5-6H2,1H3,(H,13,15). The summed E-state index contributed by atoms with van der Waals surface area (Å²) in [6.07, 6.45) is 0. The van der Waals surface area contributed by atoms with Gasteiger partial charge < -0.3 is 10.2 Å². The van der Waals surface area contributed by atoms with E-state index in [0.717, 1.165) is 5.56 Å². The summed E-state index contributed by atoms with van der Waals surface area (Å²) >= 11 is 1.62. The topological polar surface area (TPSA) is 49.4 Å². The average Bonchev–Trinajstić information content (AvgIpc) is 2.76. The molecule has 2 aliphatic heterocycles. The van der Waals surface area contributed by atoms with Crippen molar-refractivity contribution in [3.63, 3.8) is 0 Å². The molecule has 1 saturated heterocycles. The lowest BCUT2D eigenvalue weighted by Gasteiger charge is -2.18. The molecule has 1 N–H and O–H groups in total. The van der Waals surface area contributed by atoms with Gasteiger partial charge in [0.25, 0.3) is 5.91 Å². The Morgan fingerprint density at radius 2 is 2.24 bits per heavy atom. The van der Waals surface area contributed by atoms with Gasteiger partial charge in [0, 0.05) is 5.75 Å². The van der Waals surface area contributed by atoms with Gasteiger partial charge in [0.05, 0.1) is 17.1 Å². The van der Waals surface area contributed by atoms with Crippen LogP contribution in [0.2, 0.25) is 0 Å². The molecule has 1 aromatic carbocycles. The van der Waals surface area contributed by atoms with Crippen LogP contribution in [-0.4, -0.2) is 34.4 Å². The number of carbonyl (C=O) groups is 2. The van der Waals surface area contributed by atoms with Crippen LogP contribution in [-0.2, 0) is 4.79 Å². The highest BCUT2D eigenvalue weighted by molar-refractivity contribution is 7.99. The Balaban J connectivity index is 2.12. The highest BCUT2D eigenvalue weighted by Crippen LogP contribution is 2.30. The minimum absolute atomic E-state index is 0.0444. The van der Waals surface area contributed by atoms with Gasteiger partial charge in [-0.15, -0.1) is 11.8 Å². The van der Waals surface area contributed by atoms with Crippen molar-refractivity contribution >= 4 is 29.3 Å². The van der Waals surface area contributed by atoms with E-state index >= 15 is 0 Å². The molecule has 1 atom stereocenters. The van der Waals surface area contributed by atoms with Crippen LogP contribution in [0.15, 0.2) is 18.2 Å². The van der Waals surface area contributed by atoms with E-state index in [2.05, 4.69) is 5.32 Å². The Kier molecular flexibility index (Phi) is 2.36. The molecule has 2 amide bonds. The van der Waals surface area contributed by atoms with Crippen molar-refractivity contribution in [2.45, 2.75) is 13.0 Å². The number of hydrogen-bond donors (Lipinski definition) is 1. The predicted octanol–water partition coefficient (Wildman–Crippen LogP) is 1.46. The second-order valence-corrected chi connectivity index (χ2v) is 5.33. The van der Waals surface area contributed by atoms with Gasteiger partial charge >= 0.3 is 0 Å². The van der Waals surface area contributed by atoms with E-state index in [-0.39, 0.29) is 17.9 Å². The van der Waals surface area contributed by atoms with Gasteiger partial charge in [0.15, 0.2) is 0 Å². The smallest absolute Gasteiger partial charge is 0.257 e. The van der Waals surface area contributed by atoms with Crippen LogP contribution < -0.4 is 5.32 Å². The summed E-state index contributed by atoms with van der Waals surface area (Å²) in [4.78, 5) is 26.0. The van der Waals surface area contributed by atoms with E-state index in [0.29, 0.717) is 22.9 Å². The molecule has 2 aliphatic rings. The van der Waals surface area contributed by atoms with Crippen molar-refractivity contribution in [1.82, 2.24) is 4.90 Å². The van der Waals surface area contributed by atoms with E-state index in [9.17, 15) is 9.59 Å². The summed E-state index contributed by atoms with van der Waals surface area (Å²) in [5.74, 6) is 1.16. The Hall–Kier alpha value is -1.49. The molecular formula is C12H12N2O2S. The first kappa shape index (κ1) is 10.7. The molecule has 88 valence electrons. The molecule has 1 fully saturated rings. The zero-order valence-electron chi connectivity index (χ0n) is 9.40. The van der Waals surface area contributed by atoms with E-state index in [1.807, 2.05) is 19.1 Å². The Morgan fingerprint density at radius 3 is 3.06 bits per heavy atom.